The lowest BCUT2D eigenvalue weighted by atomic mass is 9.86. The van der Waals surface area contributed by atoms with Crippen LogP contribution < -0.4 is 5.73 Å². The van der Waals surface area contributed by atoms with Gasteiger partial charge >= 0.3 is 0 Å². The molecule has 5 heteroatoms. The molecule has 106 valence electrons. The van der Waals surface area contributed by atoms with Crippen molar-refractivity contribution in [1.82, 2.24) is 0 Å². The molecule has 2 rings (SSSR count). The number of rotatable bonds is 3. The average Bonchev–Trinajstić information content (AvgIpc) is 2.33. The van der Waals surface area contributed by atoms with Gasteiger partial charge in [-0.15, -0.1) is 0 Å². The molecule has 0 aliphatic carbocycles. The van der Waals surface area contributed by atoms with Gasteiger partial charge in [-0.25, -0.2) is 8.78 Å². The summed E-state index contributed by atoms with van der Waals surface area (Å²) in [5, 5.41) is 0.234. The SMILES string of the molecule is CC(N)(Cc1cccc(F)c1)c1cc(F)c(Cl)cc1Cl. The minimum absolute atomic E-state index is 0.0553. The zero-order valence-electron chi connectivity index (χ0n) is 10.8. The first kappa shape index (κ1) is 15.2. The van der Waals surface area contributed by atoms with E-state index in [1.807, 2.05) is 0 Å². The largest absolute Gasteiger partial charge is 0.321 e. The van der Waals surface area contributed by atoms with Crippen LogP contribution in [0.2, 0.25) is 10.0 Å². The van der Waals surface area contributed by atoms with Crippen molar-refractivity contribution in [3.63, 3.8) is 0 Å². The molecular formula is C15H13Cl2F2N. The maximum absolute atomic E-state index is 13.6. The molecule has 1 unspecified atom stereocenters. The highest BCUT2D eigenvalue weighted by Crippen LogP contribution is 2.32. The van der Waals surface area contributed by atoms with Gasteiger partial charge in [0.1, 0.15) is 11.6 Å². The molecule has 2 aromatic rings. The van der Waals surface area contributed by atoms with Crippen LogP contribution in [0.15, 0.2) is 36.4 Å². The highest BCUT2D eigenvalue weighted by molar-refractivity contribution is 6.35. The van der Waals surface area contributed by atoms with Crippen molar-refractivity contribution in [2.75, 3.05) is 0 Å². The van der Waals surface area contributed by atoms with E-state index in [1.54, 1.807) is 19.1 Å². The van der Waals surface area contributed by atoms with Crippen molar-refractivity contribution in [1.29, 1.82) is 0 Å². The molecular weight excluding hydrogens is 303 g/mol. The summed E-state index contributed by atoms with van der Waals surface area (Å²) in [6.07, 6.45) is 0.325. The molecule has 0 heterocycles. The van der Waals surface area contributed by atoms with Crippen LogP contribution in [0.25, 0.3) is 0 Å². The Kier molecular flexibility index (Phi) is 4.33. The Morgan fingerprint density at radius 1 is 1.10 bits per heavy atom. The first-order valence-corrected chi connectivity index (χ1v) is 6.73. The predicted octanol–water partition coefficient (Wildman–Crippen LogP) is 4.69. The third-order valence-electron chi connectivity index (χ3n) is 3.09. The Labute approximate surface area is 126 Å². The van der Waals surface area contributed by atoms with E-state index < -0.39 is 11.4 Å². The van der Waals surface area contributed by atoms with E-state index in [9.17, 15) is 8.78 Å². The molecule has 0 amide bonds. The highest BCUT2D eigenvalue weighted by atomic mass is 35.5. The summed E-state index contributed by atoms with van der Waals surface area (Å²) in [5.41, 5.74) is 6.43. The third kappa shape index (κ3) is 3.29. The molecule has 0 aliphatic rings. The van der Waals surface area contributed by atoms with Crippen molar-refractivity contribution in [3.8, 4) is 0 Å². The zero-order valence-corrected chi connectivity index (χ0v) is 12.3. The van der Waals surface area contributed by atoms with E-state index in [2.05, 4.69) is 0 Å². The fraction of sp³-hybridized carbons (Fsp3) is 0.200. The summed E-state index contributed by atoms with van der Waals surface area (Å²) >= 11 is 11.7. The number of nitrogens with two attached hydrogens (primary N) is 1. The van der Waals surface area contributed by atoms with Crippen LogP contribution in [0.1, 0.15) is 18.1 Å². The van der Waals surface area contributed by atoms with Gasteiger partial charge in [0.15, 0.2) is 0 Å². The second kappa shape index (κ2) is 5.68. The van der Waals surface area contributed by atoms with Crippen molar-refractivity contribution in [2.45, 2.75) is 18.9 Å². The average molecular weight is 316 g/mol. The van der Waals surface area contributed by atoms with Crippen LogP contribution in [0.3, 0.4) is 0 Å². The molecule has 2 aromatic carbocycles. The molecule has 0 saturated heterocycles. The van der Waals surface area contributed by atoms with Gasteiger partial charge in [0.05, 0.1) is 5.02 Å². The number of hydrogen-bond donors (Lipinski definition) is 1. The van der Waals surface area contributed by atoms with Gasteiger partial charge in [-0.05, 0) is 48.7 Å². The lowest BCUT2D eigenvalue weighted by Gasteiger charge is -2.27. The van der Waals surface area contributed by atoms with E-state index >= 15 is 0 Å². The summed E-state index contributed by atoms with van der Waals surface area (Å²) in [6, 6.07) is 8.66. The van der Waals surface area contributed by atoms with Crippen LogP contribution in [0.4, 0.5) is 8.78 Å². The lowest BCUT2D eigenvalue weighted by molar-refractivity contribution is 0.485. The molecule has 0 saturated carbocycles. The van der Waals surface area contributed by atoms with Gasteiger partial charge in [0.2, 0.25) is 0 Å². The van der Waals surface area contributed by atoms with E-state index in [0.717, 1.165) is 0 Å². The fourth-order valence-corrected chi connectivity index (χ4v) is 2.73. The van der Waals surface area contributed by atoms with Crippen molar-refractivity contribution < 1.29 is 8.78 Å². The normalized spacial score (nSPS) is 14.1. The summed E-state index contributed by atoms with van der Waals surface area (Å²) in [6.45, 7) is 1.71. The molecule has 20 heavy (non-hydrogen) atoms. The molecule has 0 radical (unpaired) electrons. The summed E-state index contributed by atoms with van der Waals surface area (Å²) in [7, 11) is 0. The molecule has 0 aromatic heterocycles. The standard InChI is InChI=1S/C15H13Cl2F2N/c1-15(20,8-9-3-2-4-10(18)5-9)11-6-14(19)13(17)7-12(11)16/h2-7H,8,20H2,1H3. The maximum Gasteiger partial charge on any atom is 0.142 e. The first-order chi connectivity index (χ1) is 9.29. The minimum atomic E-state index is -0.934. The molecule has 0 bridgehead atoms. The van der Waals surface area contributed by atoms with Crippen molar-refractivity contribution in [2.24, 2.45) is 5.73 Å². The van der Waals surface area contributed by atoms with Gasteiger partial charge in [-0.3, -0.25) is 0 Å². The van der Waals surface area contributed by atoms with Gasteiger partial charge in [0, 0.05) is 10.6 Å². The van der Waals surface area contributed by atoms with Crippen LogP contribution in [0, 0.1) is 11.6 Å². The predicted molar refractivity (Wildman–Crippen MR) is 78.1 cm³/mol. The second-order valence-corrected chi connectivity index (χ2v) is 5.78. The molecule has 0 fully saturated rings. The fourth-order valence-electron chi connectivity index (χ4n) is 2.13. The number of halogens is 4. The van der Waals surface area contributed by atoms with Crippen LogP contribution >= 0.6 is 23.2 Å². The van der Waals surface area contributed by atoms with E-state index in [-0.39, 0.29) is 15.9 Å². The van der Waals surface area contributed by atoms with E-state index in [1.165, 1.54) is 24.3 Å². The topological polar surface area (TPSA) is 26.0 Å². The summed E-state index contributed by atoms with van der Waals surface area (Å²) in [4.78, 5) is 0. The Morgan fingerprint density at radius 3 is 2.45 bits per heavy atom. The second-order valence-electron chi connectivity index (χ2n) is 4.97. The molecule has 1 atom stereocenters. The van der Waals surface area contributed by atoms with Gasteiger partial charge in [-0.2, -0.15) is 0 Å². The zero-order chi connectivity index (χ0) is 14.9. The van der Waals surface area contributed by atoms with Crippen LogP contribution in [-0.4, -0.2) is 0 Å². The Hall–Kier alpha value is -1.16. The molecule has 1 nitrogen and oxygen atoms in total. The van der Waals surface area contributed by atoms with Gasteiger partial charge in [-0.1, -0.05) is 35.3 Å². The smallest absolute Gasteiger partial charge is 0.142 e. The minimum Gasteiger partial charge on any atom is -0.321 e. The van der Waals surface area contributed by atoms with Crippen LogP contribution in [0.5, 0.6) is 0 Å². The highest BCUT2D eigenvalue weighted by Gasteiger charge is 2.26. The van der Waals surface area contributed by atoms with Crippen LogP contribution in [-0.2, 0) is 12.0 Å². The Bertz CT molecular complexity index is 642. The first-order valence-electron chi connectivity index (χ1n) is 5.98. The Balaban J connectivity index is 2.37. The van der Waals surface area contributed by atoms with Crippen molar-refractivity contribution >= 4 is 23.2 Å². The summed E-state index contributed by atoms with van der Waals surface area (Å²) in [5.74, 6) is -0.923. The van der Waals surface area contributed by atoms with Gasteiger partial charge in [0.25, 0.3) is 0 Å². The number of hydrogen-bond acceptors (Lipinski definition) is 1. The maximum atomic E-state index is 13.6. The lowest BCUT2D eigenvalue weighted by Crippen LogP contribution is -2.36. The van der Waals surface area contributed by atoms with Gasteiger partial charge < -0.3 is 5.73 Å². The third-order valence-corrected chi connectivity index (χ3v) is 3.69. The van der Waals surface area contributed by atoms with Crippen molar-refractivity contribution in [3.05, 3.63) is 69.2 Å². The van der Waals surface area contributed by atoms with E-state index in [4.69, 9.17) is 28.9 Å². The molecule has 0 aliphatic heterocycles. The quantitative estimate of drug-likeness (QED) is 0.817. The molecule has 2 N–H and O–H groups in total. The number of benzene rings is 2. The molecule has 0 spiro atoms. The Morgan fingerprint density at radius 2 is 1.80 bits per heavy atom. The monoisotopic (exact) mass is 315 g/mol. The summed E-state index contributed by atoms with van der Waals surface area (Å²) < 4.78 is 26.8. The van der Waals surface area contributed by atoms with E-state index in [0.29, 0.717) is 17.5 Å².